The largest absolute Gasteiger partial charge is 0.486 e. The molecule has 0 atom stereocenters. The highest BCUT2D eigenvalue weighted by molar-refractivity contribution is 9.10. The molecule has 0 saturated carbocycles. The van der Waals surface area contributed by atoms with Gasteiger partial charge in [0.1, 0.15) is 24.7 Å². The summed E-state index contributed by atoms with van der Waals surface area (Å²) in [6, 6.07) is 15.3. The Kier molecular flexibility index (Phi) is 7.93. The number of benzene rings is 3. The molecule has 0 aromatic heterocycles. The summed E-state index contributed by atoms with van der Waals surface area (Å²) in [6.07, 6.45) is 1.42. The number of anilines is 1. The van der Waals surface area contributed by atoms with E-state index in [1.54, 1.807) is 24.3 Å². The van der Waals surface area contributed by atoms with Crippen molar-refractivity contribution in [3.8, 4) is 5.75 Å². The summed E-state index contributed by atoms with van der Waals surface area (Å²) in [5.74, 6) is -1.69. The molecule has 0 unspecified atom stereocenters. The molecule has 0 radical (unpaired) electrons. The molecular formula is C25H17BrCl2FN3O4. The van der Waals surface area contributed by atoms with Crippen LogP contribution in [0.1, 0.15) is 11.1 Å². The van der Waals surface area contributed by atoms with E-state index in [2.05, 4.69) is 26.6 Å². The summed E-state index contributed by atoms with van der Waals surface area (Å²) in [7, 11) is 0. The van der Waals surface area contributed by atoms with E-state index in [9.17, 15) is 18.8 Å². The van der Waals surface area contributed by atoms with Crippen molar-refractivity contribution in [3.05, 3.63) is 97.8 Å². The molecular weight excluding hydrogens is 576 g/mol. The van der Waals surface area contributed by atoms with E-state index in [-0.39, 0.29) is 23.0 Å². The lowest BCUT2D eigenvalue weighted by Gasteiger charge is -2.12. The van der Waals surface area contributed by atoms with Gasteiger partial charge in [0.05, 0.1) is 15.2 Å². The van der Waals surface area contributed by atoms with E-state index in [1.807, 2.05) is 18.2 Å². The fourth-order valence-corrected chi connectivity index (χ4v) is 4.52. The number of hydrogen-bond donors (Lipinski definition) is 2. The maximum Gasteiger partial charge on any atom is 0.329 e. The summed E-state index contributed by atoms with van der Waals surface area (Å²) in [5, 5.41) is 5.60. The molecule has 3 aromatic carbocycles. The Morgan fingerprint density at radius 2 is 1.81 bits per heavy atom. The first-order valence-electron chi connectivity index (χ1n) is 10.5. The van der Waals surface area contributed by atoms with Crippen molar-refractivity contribution in [3.63, 3.8) is 0 Å². The van der Waals surface area contributed by atoms with Gasteiger partial charge in [-0.15, -0.1) is 0 Å². The summed E-state index contributed by atoms with van der Waals surface area (Å²) >= 11 is 16.0. The minimum Gasteiger partial charge on any atom is -0.486 e. The highest BCUT2D eigenvalue weighted by atomic mass is 79.9. The second kappa shape index (κ2) is 11.1. The van der Waals surface area contributed by atoms with Gasteiger partial charge in [-0.05, 0) is 57.9 Å². The number of hydrogen-bond acceptors (Lipinski definition) is 4. The molecule has 7 nitrogen and oxygen atoms in total. The predicted octanol–water partition coefficient (Wildman–Crippen LogP) is 6.01. The van der Waals surface area contributed by atoms with Gasteiger partial charge in [0.2, 0.25) is 5.91 Å². The number of carbonyl (C=O) groups is 3. The zero-order chi connectivity index (χ0) is 25.8. The van der Waals surface area contributed by atoms with Gasteiger partial charge >= 0.3 is 6.03 Å². The Bertz CT molecular complexity index is 1380. The number of halogens is 4. The topological polar surface area (TPSA) is 87.7 Å². The van der Waals surface area contributed by atoms with Gasteiger partial charge in [-0.2, -0.15) is 0 Å². The SMILES string of the molecule is O=C(CN1C(=O)N/C(=C/c2cc(Cl)c(OCc3ccccc3Cl)c(Br)c2)C1=O)Nc1ccccc1F. The van der Waals surface area contributed by atoms with E-state index < -0.39 is 30.2 Å². The molecule has 1 heterocycles. The van der Waals surface area contributed by atoms with Crippen molar-refractivity contribution < 1.29 is 23.5 Å². The standard InChI is InChI=1S/C25H17BrCl2FN3O4/c26-16-9-14(10-18(28)23(16)36-13-15-5-1-2-6-17(15)27)11-21-24(34)32(25(35)31-21)12-22(33)30-20-8-4-3-7-19(20)29/h1-11H,12-13H2,(H,30,33)(H,31,35)/b21-11+. The average molecular weight is 593 g/mol. The Morgan fingerprint density at radius 1 is 1.08 bits per heavy atom. The normalized spacial score (nSPS) is 14.2. The monoisotopic (exact) mass is 591 g/mol. The van der Waals surface area contributed by atoms with Crippen LogP contribution in [-0.4, -0.2) is 29.3 Å². The van der Waals surface area contributed by atoms with Crippen LogP contribution in [0.15, 0.2) is 70.8 Å². The molecule has 11 heteroatoms. The van der Waals surface area contributed by atoms with Crippen LogP contribution in [0.2, 0.25) is 10.0 Å². The molecule has 3 aromatic rings. The van der Waals surface area contributed by atoms with Crippen LogP contribution < -0.4 is 15.4 Å². The molecule has 1 aliphatic heterocycles. The predicted molar refractivity (Wildman–Crippen MR) is 138 cm³/mol. The third kappa shape index (κ3) is 5.87. The Morgan fingerprint density at radius 3 is 2.53 bits per heavy atom. The van der Waals surface area contributed by atoms with Crippen molar-refractivity contribution in [2.75, 3.05) is 11.9 Å². The smallest absolute Gasteiger partial charge is 0.329 e. The molecule has 4 rings (SSSR count). The number of amides is 4. The lowest BCUT2D eigenvalue weighted by Crippen LogP contribution is -2.38. The van der Waals surface area contributed by atoms with Crippen LogP contribution >= 0.6 is 39.1 Å². The first kappa shape index (κ1) is 25.7. The van der Waals surface area contributed by atoms with Crippen molar-refractivity contribution in [1.29, 1.82) is 0 Å². The van der Waals surface area contributed by atoms with E-state index >= 15 is 0 Å². The first-order chi connectivity index (χ1) is 17.2. The highest BCUT2D eigenvalue weighted by Crippen LogP contribution is 2.36. The van der Waals surface area contributed by atoms with Gasteiger partial charge in [0, 0.05) is 10.6 Å². The first-order valence-corrected chi connectivity index (χ1v) is 12.0. The van der Waals surface area contributed by atoms with Crippen molar-refractivity contribution >= 4 is 68.7 Å². The summed E-state index contributed by atoms with van der Waals surface area (Å²) in [6.45, 7) is -0.396. The second-order valence-corrected chi connectivity index (χ2v) is 9.27. The lowest BCUT2D eigenvalue weighted by molar-refractivity contribution is -0.127. The Balaban J connectivity index is 1.45. The molecule has 184 valence electrons. The minimum absolute atomic E-state index is 0.0496. The molecule has 1 aliphatic rings. The van der Waals surface area contributed by atoms with Crippen molar-refractivity contribution in [2.45, 2.75) is 6.61 Å². The maximum atomic E-state index is 13.8. The van der Waals surface area contributed by atoms with Gasteiger partial charge in [-0.3, -0.25) is 9.59 Å². The molecule has 0 bridgehead atoms. The highest BCUT2D eigenvalue weighted by Gasteiger charge is 2.35. The lowest BCUT2D eigenvalue weighted by atomic mass is 10.1. The number of carbonyl (C=O) groups excluding carboxylic acids is 3. The van der Waals surface area contributed by atoms with E-state index in [0.717, 1.165) is 10.5 Å². The Labute approximate surface area is 224 Å². The molecule has 0 aliphatic carbocycles. The van der Waals surface area contributed by atoms with Crippen LogP contribution in [-0.2, 0) is 16.2 Å². The third-order valence-corrected chi connectivity index (χ3v) is 6.31. The number of nitrogens with one attached hydrogen (secondary N) is 2. The number of para-hydroxylation sites is 1. The zero-order valence-corrected chi connectivity index (χ0v) is 21.5. The minimum atomic E-state index is -0.778. The molecule has 2 N–H and O–H groups in total. The summed E-state index contributed by atoms with van der Waals surface area (Å²) in [4.78, 5) is 38.0. The fraction of sp³-hybridized carbons (Fsp3) is 0.0800. The quantitative estimate of drug-likeness (QED) is 0.260. The number of imide groups is 1. The maximum absolute atomic E-state index is 13.8. The molecule has 0 spiro atoms. The summed E-state index contributed by atoms with van der Waals surface area (Å²) in [5.41, 5.74) is 1.18. The number of ether oxygens (including phenoxy) is 1. The molecule has 1 saturated heterocycles. The van der Waals surface area contributed by atoms with Crippen LogP contribution in [0.25, 0.3) is 6.08 Å². The number of rotatable bonds is 7. The fourth-order valence-electron chi connectivity index (χ4n) is 3.34. The van der Waals surface area contributed by atoms with Gasteiger partial charge in [0.25, 0.3) is 5.91 Å². The van der Waals surface area contributed by atoms with Crippen LogP contribution in [0.3, 0.4) is 0 Å². The molecule has 36 heavy (non-hydrogen) atoms. The molecule has 1 fully saturated rings. The summed E-state index contributed by atoms with van der Waals surface area (Å²) < 4.78 is 20.1. The van der Waals surface area contributed by atoms with Gasteiger partial charge < -0.3 is 15.4 Å². The third-order valence-electron chi connectivity index (χ3n) is 5.07. The van der Waals surface area contributed by atoms with Crippen LogP contribution in [0.4, 0.5) is 14.9 Å². The van der Waals surface area contributed by atoms with Crippen LogP contribution in [0, 0.1) is 5.82 Å². The van der Waals surface area contributed by atoms with E-state index in [1.165, 1.54) is 24.3 Å². The van der Waals surface area contributed by atoms with Crippen LogP contribution in [0.5, 0.6) is 5.75 Å². The van der Waals surface area contributed by atoms with Gasteiger partial charge in [0.15, 0.2) is 5.75 Å². The van der Waals surface area contributed by atoms with E-state index in [0.29, 0.717) is 20.8 Å². The van der Waals surface area contributed by atoms with Gasteiger partial charge in [-0.1, -0.05) is 53.5 Å². The Hall–Kier alpha value is -3.40. The van der Waals surface area contributed by atoms with E-state index in [4.69, 9.17) is 27.9 Å². The van der Waals surface area contributed by atoms with Crippen molar-refractivity contribution in [2.24, 2.45) is 0 Å². The average Bonchev–Trinajstić information content (AvgIpc) is 3.08. The zero-order valence-electron chi connectivity index (χ0n) is 18.4. The number of nitrogens with zero attached hydrogens (tertiary/aromatic N) is 1. The molecule has 4 amide bonds. The van der Waals surface area contributed by atoms with Crippen molar-refractivity contribution in [1.82, 2.24) is 10.2 Å². The second-order valence-electron chi connectivity index (χ2n) is 7.60. The van der Waals surface area contributed by atoms with Gasteiger partial charge in [-0.25, -0.2) is 14.1 Å². The number of urea groups is 1.